The Balaban J connectivity index is 1.59. The predicted molar refractivity (Wildman–Crippen MR) is 110 cm³/mol. The minimum absolute atomic E-state index is 0.0997. The van der Waals surface area contributed by atoms with E-state index < -0.39 is 0 Å². The Morgan fingerprint density at radius 3 is 2.46 bits per heavy atom. The van der Waals surface area contributed by atoms with Crippen molar-refractivity contribution in [3.8, 4) is 5.75 Å². The number of hydrogen-bond donors (Lipinski definition) is 1. The van der Waals surface area contributed by atoms with E-state index in [1.165, 1.54) is 11.8 Å². The van der Waals surface area contributed by atoms with Gasteiger partial charge in [-0.05, 0) is 49.6 Å². The van der Waals surface area contributed by atoms with Gasteiger partial charge in [-0.1, -0.05) is 42.1 Å². The van der Waals surface area contributed by atoms with Crippen molar-refractivity contribution >= 4 is 23.4 Å². The summed E-state index contributed by atoms with van der Waals surface area (Å²) in [7, 11) is 1.63. The van der Waals surface area contributed by atoms with E-state index in [2.05, 4.69) is 15.5 Å². The van der Waals surface area contributed by atoms with E-state index >= 15 is 0 Å². The summed E-state index contributed by atoms with van der Waals surface area (Å²) in [4.78, 5) is 12.5. The summed E-state index contributed by atoms with van der Waals surface area (Å²) in [5.74, 6) is 1.21. The second-order valence-corrected chi connectivity index (χ2v) is 7.79. The SMILES string of the molecule is COc1ccc(Cc2nnc(SC(C)C(=O)Nc3c(C)cccc3C)o2)cc1. The summed E-state index contributed by atoms with van der Waals surface area (Å²) in [6.07, 6.45) is 0.528. The van der Waals surface area contributed by atoms with Crippen LogP contribution in [0.3, 0.4) is 0 Å². The molecule has 1 atom stereocenters. The molecule has 1 amide bonds. The van der Waals surface area contributed by atoms with Gasteiger partial charge in [-0.25, -0.2) is 0 Å². The molecule has 0 aliphatic rings. The third kappa shape index (κ3) is 4.92. The second-order valence-electron chi connectivity index (χ2n) is 6.50. The van der Waals surface area contributed by atoms with Gasteiger partial charge in [0.05, 0.1) is 18.8 Å². The fourth-order valence-electron chi connectivity index (χ4n) is 2.72. The molecule has 0 radical (unpaired) electrons. The monoisotopic (exact) mass is 397 g/mol. The van der Waals surface area contributed by atoms with Gasteiger partial charge in [0, 0.05) is 5.69 Å². The number of thioether (sulfide) groups is 1. The molecule has 1 N–H and O–H groups in total. The number of ether oxygens (including phenoxy) is 1. The molecule has 28 heavy (non-hydrogen) atoms. The van der Waals surface area contributed by atoms with Crippen molar-refractivity contribution in [3.05, 3.63) is 65.0 Å². The van der Waals surface area contributed by atoms with Crippen LogP contribution in [-0.4, -0.2) is 28.5 Å². The van der Waals surface area contributed by atoms with Crippen molar-refractivity contribution in [1.29, 1.82) is 0 Å². The molecule has 2 aromatic carbocycles. The van der Waals surface area contributed by atoms with Gasteiger partial charge in [-0.2, -0.15) is 0 Å². The normalized spacial score (nSPS) is 11.9. The maximum absolute atomic E-state index is 12.5. The van der Waals surface area contributed by atoms with E-state index in [0.717, 1.165) is 28.1 Å². The Morgan fingerprint density at radius 2 is 1.82 bits per heavy atom. The smallest absolute Gasteiger partial charge is 0.277 e. The number of benzene rings is 2. The van der Waals surface area contributed by atoms with Crippen LogP contribution in [0.15, 0.2) is 52.1 Å². The highest BCUT2D eigenvalue weighted by Gasteiger charge is 2.19. The average molecular weight is 398 g/mol. The number of methoxy groups -OCH3 is 1. The maximum atomic E-state index is 12.5. The van der Waals surface area contributed by atoms with E-state index in [1.54, 1.807) is 7.11 Å². The molecule has 0 aliphatic heterocycles. The molecule has 0 fully saturated rings. The number of aromatic nitrogens is 2. The fraction of sp³-hybridized carbons (Fsp3) is 0.286. The number of carbonyl (C=O) groups is 1. The number of carbonyl (C=O) groups excluding carboxylic acids is 1. The minimum atomic E-state index is -0.367. The number of rotatable bonds is 7. The largest absolute Gasteiger partial charge is 0.497 e. The Kier molecular flexibility index (Phi) is 6.36. The maximum Gasteiger partial charge on any atom is 0.277 e. The quantitative estimate of drug-likeness (QED) is 0.595. The number of amides is 1. The van der Waals surface area contributed by atoms with Crippen LogP contribution in [0.25, 0.3) is 0 Å². The molecule has 1 unspecified atom stereocenters. The van der Waals surface area contributed by atoms with Crippen molar-refractivity contribution < 1.29 is 13.9 Å². The molecular weight excluding hydrogens is 374 g/mol. The molecule has 0 saturated carbocycles. The molecule has 3 rings (SSSR count). The summed E-state index contributed by atoms with van der Waals surface area (Å²) in [5, 5.41) is 11.1. The standard InChI is InChI=1S/C21H23N3O3S/c1-13-6-5-7-14(2)19(13)22-20(25)15(3)28-21-24-23-18(27-21)12-16-8-10-17(26-4)11-9-16/h5-11,15H,12H2,1-4H3,(H,22,25). The molecule has 1 aromatic heterocycles. The van der Waals surface area contributed by atoms with Crippen LogP contribution in [0.1, 0.15) is 29.5 Å². The number of anilines is 1. The minimum Gasteiger partial charge on any atom is -0.497 e. The number of aryl methyl sites for hydroxylation is 2. The van der Waals surface area contributed by atoms with Crippen LogP contribution >= 0.6 is 11.8 Å². The lowest BCUT2D eigenvalue weighted by atomic mass is 10.1. The topological polar surface area (TPSA) is 77.2 Å². The summed E-state index contributed by atoms with van der Waals surface area (Å²) < 4.78 is 10.8. The van der Waals surface area contributed by atoms with Crippen LogP contribution in [0, 0.1) is 13.8 Å². The van der Waals surface area contributed by atoms with Gasteiger partial charge >= 0.3 is 0 Å². The Morgan fingerprint density at radius 1 is 1.14 bits per heavy atom. The van der Waals surface area contributed by atoms with E-state index in [4.69, 9.17) is 9.15 Å². The highest BCUT2D eigenvalue weighted by molar-refractivity contribution is 8.00. The summed E-state index contributed by atoms with van der Waals surface area (Å²) >= 11 is 1.25. The summed E-state index contributed by atoms with van der Waals surface area (Å²) in [6, 6.07) is 13.6. The predicted octanol–water partition coefficient (Wildman–Crippen LogP) is 4.41. The molecule has 6 nitrogen and oxygen atoms in total. The van der Waals surface area contributed by atoms with Crippen molar-refractivity contribution in [2.45, 2.75) is 37.7 Å². The van der Waals surface area contributed by atoms with Crippen LogP contribution in [0.5, 0.6) is 5.75 Å². The molecule has 0 aliphatic carbocycles. The first-order valence-electron chi connectivity index (χ1n) is 8.95. The fourth-order valence-corrected chi connectivity index (χ4v) is 3.42. The van der Waals surface area contributed by atoms with Gasteiger partial charge in [0.2, 0.25) is 11.8 Å². The molecule has 7 heteroatoms. The highest BCUT2D eigenvalue weighted by Crippen LogP contribution is 2.26. The van der Waals surface area contributed by atoms with Gasteiger partial charge in [-0.15, -0.1) is 10.2 Å². The third-order valence-corrected chi connectivity index (χ3v) is 5.27. The lowest BCUT2D eigenvalue weighted by Crippen LogP contribution is -2.23. The molecule has 3 aromatic rings. The zero-order valence-electron chi connectivity index (χ0n) is 16.4. The van der Waals surface area contributed by atoms with E-state index in [1.807, 2.05) is 63.2 Å². The van der Waals surface area contributed by atoms with Gasteiger partial charge in [0.25, 0.3) is 5.22 Å². The average Bonchev–Trinajstić information content (AvgIpc) is 3.12. The molecule has 0 saturated heterocycles. The van der Waals surface area contributed by atoms with Gasteiger partial charge in [-0.3, -0.25) is 4.79 Å². The van der Waals surface area contributed by atoms with Crippen molar-refractivity contribution in [2.24, 2.45) is 0 Å². The molecule has 1 heterocycles. The van der Waals surface area contributed by atoms with Gasteiger partial charge < -0.3 is 14.5 Å². The van der Waals surface area contributed by atoms with E-state index in [9.17, 15) is 4.79 Å². The van der Waals surface area contributed by atoms with Crippen LogP contribution in [-0.2, 0) is 11.2 Å². The summed E-state index contributed by atoms with van der Waals surface area (Å²) in [5.41, 5.74) is 3.96. The third-order valence-electron chi connectivity index (χ3n) is 4.34. The van der Waals surface area contributed by atoms with Crippen LogP contribution in [0.2, 0.25) is 0 Å². The highest BCUT2D eigenvalue weighted by atomic mass is 32.2. The molecular formula is C21H23N3O3S. The Bertz CT molecular complexity index is 934. The Labute approximate surface area is 168 Å². The van der Waals surface area contributed by atoms with E-state index in [0.29, 0.717) is 17.5 Å². The van der Waals surface area contributed by atoms with Gasteiger partial charge in [0.1, 0.15) is 5.75 Å². The van der Waals surface area contributed by atoms with E-state index in [-0.39, 0.29) is 11.2 Å². The zero-order chi connectivity index (χ0) is 20.1. The lowest BCUT2D eigenvalue weighted by Gasteiger charge is -2.14. The van der Waals surface area contributed by atoms with Crippen LogP contribution < -0.4 is 10.1 Å². The lowest BCUT2D eigenvalue weighted by molar-refractivity contribution is -0.115. The van der Waals surface area contributed by atoms with Crippen molar-refractivity contribution in [3.63, 3.8) is 0 Å². The first-order valence-corrected chi connectivity index (χ1v) is 9.83. The molecule has 0 spiro atoms. The van der Waals surface area contributed by atoms with Gasteiger partial charge in [0.15, 0.2) is 0 Å². The van der Waals surface area contributed by atoms with Crippen molar-refractivity contribution in [2.75, 3.05) is 12.4 Å². The first kappa shape index (κ1) is 19.9. The van der Waals surface area contributed by atoms with Crippen molar-refractivity contribution in [1.82, 2.24) is 10.2 Å². The second kappa shape index (κ2) is 8.93. The van der Waals surface area contributed by atoms with Crippen LogP contribution in [0.4, 0.5) is 5.69 Å². The Hall–Kier alpha value is -2.80. The number of hydrogen-bond acceptors (Lipinski definition) is 6. The molecule has 0 bridgehead atoms. The summed E-state index contributed by atoms with van der Waals surface area (Å²) in [6.45, 7) is 5.77. The number of nitrogens with zero attached hydrogens (tertiary/aromatic N) is 2. The number of para-hydroxylation sites is 1. The first-order chi connectivity index (χ1) is 13.5. The molecule has 146 valence electrons. The number of nitrogens with one attached hydrogen (secondary N) is 1. The zero-order valence-corrected chi connectivity index (χ0v) is 17.2.